The van der Waals surface area contributed by atoms with E-state index in [9.17, 15) is 10.1 Å². The number of hydrogen-bond donors (Lipinski definition) is 1. The van der Waals surface area contributed by atoms with Crippen LogP contribution in [0, 0.1) is 17.0 Å². The molecule has 114 valence electrons. The van der Waals surface area contributed by atoms with E-state index in [1.807, 2.05) is 4.90 Å². The molecule has 2 unspecified atom stereocenters. The summed E-state index contributed by atoms with van der Waals surface area (Å²) in [5, 5.41) is 11.4. The fourth-order valence-electron chi connectivity index (χ4n) is 3.47. The molecule has 2 aliphatic heterocycles. The minimum atomic E-state index is -0.405. The van der Waals surface area contributed by atoms with Crippen molar-refractivity contribution in [3.63, 3.8) is 0 Å². The molecule has 2 N–H and O–H groups in total. The third-order valence-electron chi connectivity index (χ3n) is 4.45. The Labute approximate surface area is 123 Å². The SMILES string of the molecule is Cc1nc(N)nc(N2CC3CCCN3CC2C)c1[N+](=O)[O-]. The van der Waals surface area contributed by atoms with Crippen LogP contribution in [-0.4, -0.2) is 51.5 Å². The van der Waals surface area contributed by atoms with Crippen LogP contribution in [0.15, 0.2) is 0 Å². The fraction of sp³-hybridized carbons (Fsp3) is 0.692. The van der Waals surface area contributed by atoms with Gasteiger partial charge in [-0.25, -0.2) is 4.98 Å². The van der Waals surface area contributed by atoms with E-state index in [1.165, 1.54) is 6.42 Å². The minimum absolute atomic E-state index is 0.0255. The van der Waals surface area contributed by atoms with Gasteiger partial charge in [0.05, 0.1) is 4.92 Å². The van der Waals surface area contributed by atoms with Crippen LogP contribution < -0.4 is 10.6 Å². The first-order valence-electron chi connectivity index (χ1n) is 7.26. The van der Waals surface area contributed by atoms with Crippen LogP contribution in [0.1, 0.15) is 25.5 Å². The van der Waals surface area contributed by atoms with Crippen molar-refractivity contribution < 1.29 is 4.92 Å². The van der Waals surface area contributed by atoms with E-state index >= 15 is 0 Å². The van der Waals surface area contributed by atoms with Crippen LogP contribution >= 0.6 is 0 Å². The number of nitro groups is 1. The van der Waals surface area contributed by atoms with E-state index in [1.54, 1.807) is 6.92 Å². The lowest BCUT2D eigenvalue weighted by molar-refractivity contribution is -0.385. The molecule has 3 rings (SSSR count). The van der Waals surface area contributed by atoms with Gasteiger partial charge in [0.2, 0.25) is 11.8 Å². The minimum Gasteiger partial charge on any atom is -0.368 e. The summed E-state index contributed by atoms with van der Waals surface area (Å²) in [7, 11) is 0. The summed E-state index contributed by atoms with van der Waals surface area (Å²) >= 11 is 0. The van der Waals surface area contributed by atoms with Crippen LogP contribution in [-0.2, 0) is 0 Å². The van der Waals surface area contributed by atoms with E-state index in [-0.39, 0.29) is 17.7 Å². The van der Waals surface area contributed by atoms with Crippen LogP contribution in [0.4, 0.5) is 17.5 Å². The summed E-state index contributed by atoms with van der Waals surface area (Å²) in [4.78, 5) is 23.6. The Bertz CT molecular complexity index is 578. The molecule has 21 heavy (non-hydrogen) atoms. The molecule has 1 aromatic rings. The molecule has 0 spiro atoms. The Kier molecular flexibility index (Phi) is 3.40. The van der Waals surface area contributed by atoms with Crippen molar-refractivity contribution in [3.05, 3.63) is 15.8 Å². The Morgan fingerprint density at radius 1 is 1.38 bits per heavy atom. The molecular formula is C13H20N6O2. The summed E-state index contributed by atoms with van der Waals surface area (Å²) < 4.78 is 0. The van der Waals surface area contributed by atoms with Crippen molar-refractivity contribution in [1.29, 1.82) is 0 Å². The lowest BCUT2D eigenvalue weighted by Gasteiger charge is -2.42. The normalized spacial score (nSPS) is 25.9. The van der Waals surface area contributed by atoms with Gasteiger partial charge in [-0.05, 0) is 33.2 Å². The van der Waals surface area contributed by atoms with Crippen LogP contribution in [0.3, 0.4) is 0 Å². The highest BCUT2D eigenvalue weighted by Crippen LogP contribution is 2.34. The van der Waals surface area contributed by atoms with Crippen molar-refractivity contribution in [3.8, 4) is 0 Å². The number of nitrogen functional groups attached to an aromatic ring is 1. The fourth-order valence-corrected chi connectivity index (χ4v) is 3.47. The molecule has 2 atom stereocenters. The largest absolute Gasteiger partial charge is 0.368 e. The zero-order valence-corrected chi connectivity index (χ0v) is 12.3. The van der Waals surface area contributed by atoms with Gasteiger partial charge in [0, 0.05) is 25.2 Å². The lowest BCUT2D eigenvalue weighted by Crippen LogP contribution is -2.55. The molecule has 2 saturated heterocycles. The quantitative estimate of drug-likeness (QED) is 0.639. The molecule has 2 fully saturated rings. The van der Waals surface area contributed by atoms with E-state index in [0.717, 1.165) is 26.1 Å². The maximum absolute atomic E-state index is 11.4. The summed E-state index contributed by atoms with van der Waals surface area (Å²) in [5.74, 6) is 0.457. The maximum Gasteiger partial charge on any atom is 0.332 e. The summed E-state index contributed by atoms with van der Waals surface area (Å²) in [6.45, 7) is 6.47. The monoisotopic (exact) mass is 292 g/mol. The van der Waals surface area contributed by atoms with Gasteiger partial charge in [-0.1, -0.05) is 0 Å². The zero-order chi connectivity index (χ0) is 15.1. The molecular weight excluding hydrogens is 272 g/mol. The predicted octanol–water partition coefficient (Wildman–Crippen LogP) is 0.948. The van der Waals surface area contributed by atoms with Gasteiger partial charge in [0.1, 0.15) is 5.69 Å². The molecule has 0 amide bonds. The summed E-state index contributed by atoms with van der Waals surface area (Å²) in [5.41, 5.74) is 6.00. The van der Waals surface area contributed by atoms with E-state index in [4.69, 9.17) is 5.73 Å². The topological polar surface area (TPSA) is 101 Å². The first kappa shape index (κ1) is 14.0. The molecule has 0 bridgehead atoms. The van der Waals surface area contributed by atoms with Crippen LogP contribution in [0.5, 0.6) is 0 Å². The molecule has 8 heteroatoms. The zero-order valence-electron chi connectivity index (χ0n) is 12.3. The second kappa shape index (κ2) is 5.10. The lowest BCUT2D eigenvalue weighted by atomic mass is 10.1. The van der Waals surface area contributed by atoms with Gasteiger partial charge in [0.25, 0.3) is 0 Å². The van der Waals surface area contributed by atoms with Crippen molar-refractivity contribution in [2.45, 2.75) is 38.8 Å². The molecule has 0 aromatic carbocycles. The second-order valence-electron chi connectivity index (χ2n) is 5.89. The van der Waals surface area contributed by atoms with E-state index in [0.29, 0.717) is 17.6 Å². The Morgan fingerprint density at radius 2 is 2.14 bits per heavy atom. The number of nitrogens with zero attached hydrogens (tertiary/aromatic N) is 5. The number of fused-ring (bicyclic) bond motifs is 1. The Morgan fingerprint density at radius 3 is 2.86 bits per heavy atom. The average Bonchev–Trinajstić information content (AvgIpc) is 2.83. The van der Waals surface area contributed by atoms with Gasteiger partial charge in [0.15, 0.2) is 0 Å². The first-order valence-corrected chi connectivity index (χ1v) is 7.26. The van der Waals surface area contributed by atoms with Gasteiger partial charge in [-0.2, -0.15) is 4.98 Å². The van der Waals surface area contributed by atoms with Gasteiger partial charge in [-0.15, -0.1) is 0 Å². The van der Waals surface area contributed by atoms with E-state index in [2.05, 4.69) is 21.8 Å². The highest BCUT2D eigenvalue weighted by Gasteiger charge is 2.38. The molecule has 1 aromatic heterocycles. The number of aromatic nitrogens is 2. The number of hydrogen-bond acceptors (Lipinski definition) is 7. The Balaban J connectivity index is 2.01. The molecule has 8 nitrogen and oxygen atoms in total. The Hall–Kier alpha value is -1.96. The molecule has 2 aliphatic rings. The first-order chi connectivity index (χ1) is 9.97. The van der Waals surface area contributed by atoms with Crippen LogP contribution in [0.25, 0.3) is 0 Å². The number of aryl methyl sites for hydroxylation is 1. The van der Waals surface area contributed by atoms with Gasteiger partial charge < -0.3 is 10.6 Å². The highest BCUT2D eigenvalue weighted by molar-refractivity contribution is 5.62. The number of piperazine rings is 1. The number of anilines is 2. The molecule has 0 aliphatic carbocycles. The third kappa shape index (κ3) is 2.39. The van der Waals surface area contributed by atoms with Crippen molar-refractivity contribution in [1.82, 2.24) is 14.9 Å². The number of nitrogens with two attached hydrogens (primary N) is 1. The average molecular weight is 292 g/mol. The third-order valence-corrected chi connectivity index (χ3v) is 4.45. The number of rotatable bonds is 2. The molecule has 3 heterocycles. The smallest absolute Gasteiger partial charge is 0.332 e. The van der Waals surface area contributed by atoms with Crippen LogP contribution in [0.2, 0.25) is 0 Å². The molecule has 0 saturated carbocycles. The maximum atomic E-state index is 11.4. The summed E-state index contributed by atoms with van der Waals surface area (Å²) in [6.07, 6.45) is 2.33. The highest BCUT2D eigenvalue weighted by atomic mass is 16.6. The molecule has 0 radical (unpaired) electrons. The van der Waals surface area contributed by atoms with Crippen molar-refractivity contribution in [2.24, 2.45) is 0 Å². The van der Waals surface area contributed by atoms with Gasteiger partial charge in [-0.3, -0.25) is 15.0 Å². The standard InChI is InChI=1S/C13H20N6O2/c1-8-6-17-5-3-4-10(17)7-18(8)12-11(19(20)21)9(2)15-13(14)16-12/h8,10H,3-7H2,1-2H3,(H2,14,15,16). The van der Waals surface area contributed by atoms with E-state index < -0.39 is 4.92 Å². The predicted molar refractivity (Wildman–Crippen MR) is 79.2 cm³/mol. The van der Waals surface area contributed by atoms with Gasteiger partial charge >= 0.3 is 5.69 Å². The van der Waals surface area contributed by atoms with Crippen molar-refractivity contribution in [2.75, 3.05) is 30.3 Å². The van der Waals surface area contributed by atoms with Crippen molar-refractivity contribution >= 4 is 17.5 Å². The second-order valence-corrected chi connectivity index (χ2v) is 5.89. The summed E-state index contributed by atoms with van der Waals surface area (Å²) in [6, 6.07) is 0.629.